The fourth-order valence-electron chi connectivity index (χ4n) is 4.77. The predicted molar refractivity (Wildman–Crippen MR) is 142 cm³/mol. The third kappa shape index (κ3) is 7.24. The van der Waals surface area contributed by atoms with Crippen LogP contribution in [-0.2, 0) is 10.9 Å². The molecule has 1 saturated carbocycles. The van der Waals surface area contributed by atoms with E-state index in [1.54, 1.807) is 0 Å². The fourth-order valence-corrected chi connectivity index (χ4v) is 5.14. The highest BCUT2D eigenvalue weighted by atomic mass is 35.5. The van der Waals surface area contributed by atoms with Crippen LogP contribution in [0.25, 0.3) is 0 Å². The minimum atomic E-state index is -4.80. The van der Waals surface area contributed by atoms with E-state index in [0.29, 0.717) is 11.6 Å². The number of piperazine rings is 1. The lowest BCUT2D eigenvalue weighted by Crippen LogP contribution is -2.49. The number of benzene rings is 2. The third-order valence-electron chi connectivity index (χ3n) is 6.81. The molecule has 7 nitrogen and oxygen atoms in total. The molecule has 2 fully saturated rings. The van der Waals surface area contributed by atoms with Crippen LogP contribution in [0.1, 0.15) is 31.2 Å². The van der Waals surface area contributed by atoms with Crippen molar-refractivity contribution in [1.82, 2.24) is 4.90 Å². The fraction of sp³-hybridized carbons (Fsp3) is 0.480. The lowest BCUT2D eigenvalue weighted by atomic mass is 9.92. The highest BCUT2D eigenvalue weighted by Gasteiger charge is 2.38. The lowest BCUT2D eigenvalue weighted by Gasteiger charge is -2.38. The van der Waals surface area contributed by atoms with Gasteiger partial charge in [0.1, 0.15) is 10.6 Å². The molecule has 2 aromatic rings. The van der Waals surface area contributed by atoms with E-state index in [2.05, 4.69) is 15.1 Å². The zero-order valence-electron chi connectivity index (χ0n) is 20.0. The van der Waals surface area contributed by atoms with Gasteiger partial charge in [-0.3, -0.25) is 10.1 Å². The Morgan fingerprint density at radius 2 is 1.73 bits per heavy atom. The van der Waals surface area contributed by atoms with Crippen LogP contribution in [0.15, 0.2) is 42.5 Å². The standard InChI is InChI=1S/C25H28ClF3N4O3S/c26-17-1-6-20(7-2-17)31-11-13-32(14-12-31)24(37)16-36-21-8-3-18(4-9-21)30-19-5-10-23(33(34)35)22(15-19)25(27,28)29/h1-2,5-7,10,15,18,21,30H,3-4,8-9,11-14,16H2. The SMILES string of the molecule is O=[N+]([O-])c1ccc(NC2CCC(OCC(=S)N3CCN(c4ccc(Cl)cc4)CC3)CC2)cc1C(F)(F)F. The van der Waals surface area contributed by atoms with Crippen molar-refractivity contribution in [2.45, 2.75) is 44.0 Å². The van der Waals surface area contributed by atoms with Crippen molar-refractivity contribution in [1.29, 1.82) is 0 Å². The lowest BCUT2D eigenvalue weighted by molar-refractivity contribution is -0.388. The van der Waals surface area contributed by atoms with Gasteiger partial charge in [-0.2, -0.15) is 13.2 Å². The first-order valence-electron chi connectivity index (χ1n) is 12.1. The number of rotatable bonds is 7. The average Bonchev–Trinajstić information content (AvgIpc) is 2.88. The summed E-state index contributed by atoms with van der Waals surface area (Å²) < 4.78 is 45.8. The van der Waals surface area contributed by atoms with Crippen LogP contribution >= 0.6 is 23.8 Å². The molecule has 2 aliphatic rings. The van der Waals surface area contributed by atoms with Gasteiger partial charge in [0.05, 0.1) is 17.6 Å². The number of hydrogen-bond donors (Lipinski definition) is 1. The van der Waals surface area contributed by atoms with Crippen LogP contribution in [0.5, 0.6) is 0 Å². The van der Waals surface area contributed by atoms with Crippen LogP contribution in [-0.4, -0.2) is 59.7 Å². The first-order chi connectivity index (χ1) is 17.6. The summed E-state index contributed by atoms with van der Waals surface area (Å²) in [5.74, 6) is 0. The maximum absolute atomic E-state index is 13.2. The van der Waals surface area contributed by atoms with Gasteiger partial charge in [-0.15, -0.1) is 0 Å². The van der Waals surface area contributed by atoms with Crippen LogP contribution in [0.3, 0.4) is 0 Å². The van der Waals surface area contributed by atoms with E-state index < -0.39 is 22.4 Å². The van der Waals surface area contributed by atoms with Gasteiger partial charge in [0.25, 0.3) is 5.69 Å². The Bertz CT molecular complexity index is 1100. The Morgan fingerprint density at radius 3 is 2.32 bits per heavy atom. The quantitative estimate of drug-likeness (QED) is 0.249. The maximum Gasteiger partial charge on any atom is 0.423 e. The zero-order valence-corrected chi connectivity index (χ0v) is 21.6. The molecule has 0 amide bonds. The minimum Gasteiger partial charge on any atom is -0.382 e. The molecular formula is C25H28ClF3N4O3S. The highest BCUT2D eigenvalue weighted by molar-refractivity contribution is 7.80. The molecule has 1 N–H and O–H groups in total. The molecule has 0 aromatic heterocycles. The summed E-state index contributed by atoms with van der Waals surface area (Å²) in [6.07, 6.45) is -1.82. The summed E-state index contributed by atoms with van der Waals surface area (Å²) >= 11 is 11.6. The van der Waals surface area contributed by atoms with Crippen LogP contribution in [0.2, 0.25) is 5.02 Å². The Hall–Kier alpha value is -2.63. The second-order valence-electron chi connectivity index (χ2n) is 9.26. The second-order valence-corrected chi connectivity index (χ2v) is 10.2. The molecule has 1 aliphatic heterocycles. The molecule has 200 valence electrons. The van der Waals surface area contributed by atoms with E-state index in [9.17, 15) is 23.3 Å². The summed E-state index contributed by atoms with van der Waals surface area (Å²) in [7, 11) is 0. The van der Waals surface area contributed by atoms with Gasteiger partial charge in [-0.25, -0.2) is 0 Å². The number of nitro benzene ring substituents is 1. The van der Waals surface area contributed by atoms with Gasteiger partial charge >= 0.3 is 6.18 Å². The number of nitrogens with one attached hydrogen (secondary N) is 1. The Balaban J connectivity index is 1.20. The van der Waals surface area contributed by atoms with E-state index >= 15 is 0 Å². The van der Waals surface area contributed by atoms with E-state index in [0.717, 1.165) is 74.7 Å². The van der Waals surface area contributed by atoms with Gasteiger partial charge in [-0.05, 0) is 62.1 Å². The summed E-state index contributed by atoms with van der Waals surface area (Å²) in [4.78, 5) is 15.2. The largest absolute Gasteiger partial charge is 0.423 e. The molecule has 0 bridgehead atoms. The minimum absolute atomic E-state index is 0.0321. The second kappa shape index (κ2) is 11.8. The number of nitro groups is 1. The van der Waals surface area contributed by atoms with Crippen LogP contribution < -0.4 is 10.2 Å². The monoisotopic (exact) mass is 556 g/mol. The van der Waals surface area contributed by atoms with E-state index in [1.165, 1.54) is 6.07 Å². The molecule has 0 radical (unpaired) electrons. The van der Waals surface area contributed by atoms with E-state index in [4.69, 9.17) is 28.6 Å². The van der Waals surface area contributed by atoms with Crippen molar-refractivity contribution in [2.75, 3.05) is 43.0 Å². The van der Waals surface area contributed by atoms with Crippen molar-refractivity contribution in [3.63, 3.8) is 0 Å². The maximum atomic E-state index is 13.2. The highest BCUT2D eigenvalue weighted by Crippen LogP contribution is 2.38. The third-order valence-corrected chi connectivity index (χ3v) is 7.44. The molecule has 37 heavy (non-hydrogen) atoms. The first-order valence-corrected chi connectivity index (χ1v) is 12.9. The van der Waals surface area contributed by atoms with Crippen molar-refractivity contribution >= 4 is 45.9 Å². The van der Waals surface area contributed by atoms with Gasteiger partial charge in [0.2, 0.25) is 0 Å². The van der Waals surface area contributed by atoms with Gasteiger partial charge in [0, 0.05) is 54.7 Å². The molecule has 1 aliphatic carbocycles. The Morgan fingerprint density at radius 1 is 1.08 bits per heavy atom. The number of thiocarbonyl (C=S) groups is 1. The number of halogens is 4. The number of hydrogen-bond acceptors (Lipinski definition) is 6. The number of ether oxygens (including phenoxy) is 1. The van der Waals surface area contributed by atoms with Gasteiger partial charge in [-0.1, -0.05) is 23.8 Å². The summed E-state index contributed by atoms with van der Waals surface area (Å²) in [5.41, 5.74) is -0.833. The number of nitrogens with zero attached hydrogens (tertiary/aromatic N) is 3. The summed E-state index contributed by atoms with van der Waals surface area (Å²) in [6.45, 7) is 3.72. The van der Waals surface area contributed by atoms with Crippen molar-refractivity contribution < 1.29 is 22.8 Å². The van der Waals surface area contributed by atoms with Crippen molar-refractivity contribution in [3.05, 3.63) is 63.2 Å². The molecule has 0 unspecified atom stereocenters. The smallest absolute Gasteiger partial charge is 0.382 e. The zero-order chi connectivity index (χ0) is 26.6. The first kappa shape index (κ1) is 27.4. The molecule has 0 spiro atoms. The Labute approximate surface area is 223 Å². The average molecular weight is 557 g/mol. The Kier molecular flexibility index (Phi) is 8.76. The van der Waals surface area contributed by atoms with Crippen LogP contribution in [0, 0.1) is 10.1 Å². The van der Waals surface area contributed by atoms with E-state index in [-0.39, 0.29) is 17.8 Å². The normalized spacial score (nSPS) is 20.5. The van der Waals surface area contributed by atoms with Crippen molar-refractivity contribution in [3.8, 4) is 0 Å². The molecular weight excluding hydrogens is 529 g/mol. The number of anilines is 2. The topological polar surface area (TPSA) is 70.9 Å². The predicted octanol–water partition coefficient (Wildman–Crippen LogP) is 6.16. The molecule has 2 aromatic carbocycles. The molecule has 0 atom stereocenters. The summed E-state index contributed by atoms with van der Waals surface area (Å²) in [6, 6.07) is 10.8. The van der Waals surface area contributed by atoms with Crippen molar-refractivity contribution in [2.24, 2.45) is 0 Å². The number of alkyl halides is 3. The van der Waals surface area contributed by atoms with Gasteiger partial charge in [0.15, 0.2) is 0 Å². The van der Waals surface area contributed by atoms with Crippen LogP contribution in [0.4, 0.5) is 30.2 Å². The summed E-state index contributed by atoms with van der Waals surface area (Å²) in [5, 5.41) is 14.8. The molecule has 1 heterocycles. The van der Waals surface area contributed by atoms with E-state index in [1.807, 2.05) is 24.3 Å². The van der Waals surface area contributed by atoms with Gasteiger partial charge < -0.3 is 19.9 Å². The molecule has 1 saturated heterocycles. The molecule has 4 rings (SSSR count). The molecule has 12 heteroatoms.